The van der Waals surface area contributed by atoms with Crippen LogP contribution in [0.1, 0.15) is 27.2 Å². The number of nitrogens with zero attached hydrogens (tertiary/aromatic N) is 2. The minimum absolute atomic E-state index is 0.197. The highest BCUT2D eigenvalue weighted by atomic mass is 16.5. The quantitative estimate of drug-likeness (QED) is 0.464. The fourth-order valence-electron chi connectivity index (χ4n) is 3.60. The Morgan fingerprint density at radius 2 is 1.75 bits per heavy atom. The summed E-state index contributed by atoms with van der Waals surface area (Å²) in [5, 5.41) is 7.64. The number of benzene rings is 2. The minimum atomic E-state index is -0.197. The predicted octanol–water partition coefficient (Wildman–Crippen LogP) is 4.50. The van der Waals surface area contributed by atoms with Crippen LogP contribution in [-0.4, -0.2) is 36.8 Å². The predicted molar refractivity (Wildman–Crippen MR) is 122 cm³/mol. The number of hydrogen-bond acceptors (Lipinski definition) is 6. The van der Waals surface area contributed by atoms with Crippen LogP contribution in [-0.2, 0) is 6.42 Å². The van der Waals surface area contributed by atoms with Gasteiger partial charge in [-0.1, -0.05) is 41.1 Å². The summed E-state index contributed by atoms with van der Waals surface area (Å²) < 4.78 is 16.0. The molecule has 0 radical (unpaired) electrons. The van der Waals surface area contributed by atoms with Gasteiger partial charge in [0.15, 0.2) is 11.5 Å². The van der Waals surface area contributed by atoms with E-state index in [-0.39, 0.29) is 5.91 Å². The first-order valence-electron chi connectivity index (χ1n) is 10.3. The molecule has 32 heavy (non-hydrogen) atoms. The van der Waals surface area contributed by atoms with Gasteiger partial charge in [0, 0.05) is 12.1 Å². The highest BCUT2D eigenvalue weighted by Crippen LogP contribution is 2.28. The van der Waals surface area contributed by atoms with Gasteiger partial charge in [0.2, 0.25) is 0 Å². The minimum Gasteiger partial charge on any atom is -0.493 e. The lowest BCUT2D eigenvalue weighted by Crippen LogP contribution is -2.26. The zero-order chi connectivity index (χ0) is 22.7. The average Bonchev–Trinajstić information content (AvgIpc) is 3.19. The van der Waals surface area contributed by atoms with Gasteiger partial charge in [-0.3, -0.25) is 4.79 Å². The summed E-state index contributed by atoms with van der Waals surface area (Å²) in [6.45, 7) is 4.29. The zero-order valence-corrected chi connectivity index (χ0v) is 18.6. The molecule has 4 aromatic rings. The molecule has 7 nitrogen and oxygen atoms in total. The van der Waals surface area contributed by atoms with Gasteiger partial charge < -0.3 is 19.3 Å². The lowest BCUT2D eigenvalue weighted by molar-refractivity contribution is 0.0955. The molecule has 2 heterocycles. The van der Waals surface area contributed by atoms with Crippen LogP contribution in [0.4, 0.5) is 0 Å². The summed E-state index contributed by atoms with van der Waals surface area (Å²) in [6.07, 6.45) is 0.647. The first-order valence-corrected chi connectivity index (χ1v) is 10.3. The molecular formula is C25H25N3O4. The Morgan fingerprint density at radius 1 is 1.00 bits per heavy atom. The molecule has 0 atom stereocenters. The normalized spacial score (nSPS) is 10.9. The van der Waals surface area contributed by atoms with Gasteiger partial charge >= 0.3 is 0 Å². The molecule has 1 N–H and O–H groups in total. The smallest absolute Gasteiger partial charge is 0.259 e. The fourth-order valence-corrected chi connectivity index (χ4v) is 3.60. The zero-order valence-electron chi connectivity index (χ0n) is 18.6. The number of rotatable bonds is 7. The Balaban J connectivity index is 1.56. The number of carbonyl (C=O) groups is 1. The van der Waals surface area contributed by atoms with Gasteiger partial charge in [0.25, 0.3) is 11.6 Å². The van der Waals surface area contributed by atoms with Crippen LogP contribution in [0.3, 0.4) is 0 Å². The topological polar surface area (TPSA) is 86.5 Å². The largest absolute Gasteiger partial charge is 0.493 e. The molecule has 0 saturated heterocycles. The third kappa shape index (κ3) is 4.27. The second-order valence-electron chi connectivity index (χ2n) is 7.56. The van der Waals surface area contributed by atoms with E-state index in [1.54, 1.807) is 27.2 Å². The Morgan fingerprint density at radius 3 is 2.47 bits per heavy atom. The van der Waals surface area contributed by atoms with E-state index >= 15 is 0 Å². The van der Waals surface area contributed by atoms with Gasteiger partial charge in [-0.25, -0.2) is 4.98 Å². The number of nitrogens with one attached hydrogen (secondary N) is 1. The Labute approximate surface area is 186 Å². The summed E-state index contributed by atoms with van der Waals surface area (Å²) in [6, 6.07) is 15.5. The molecule has 0 aliphatic heterocycles. The maximum Gasteiger partial charge on any atom is 0.259 e. The molecular weight excluding hydrogens is 406 g/mol. The van der Waals surface area contributed by atoms with Gasteiger partial charge in [0.05, 0.1) is 36.6 Å². The van der Waals surface area contributed by atoms with Crippen molar-refractivity contribution < 1.29 is 18.8 Å². The number of ether oxygens (including phenoxy) is 2. The van der Waals surface area contributed by atoms with Crippen molar-refractivity contribution >= 4 is 17.0 Å². The van der Waals surface area contributed by atoms with Gasteiger partial charge in [-0.05, 0) is 44.0 Å². The van der Waals surface area contributed by atoms with E-state index in [0.717, 1.165) is 16.7 Å². The number of methoxy groups -OCH3 is 2. The second kappa shape index (κ2) is 9.09. The molecule has 164 valence electrons. The summed E-state index contributed by atoms with van der Waals surface area (Å²) in [7, 11) is 3.20. The van der Waals surface area contributed by atoms with Crippen molar-refractivity contribution in [2.24, 2.45) is 0 Å². The van der Waals surface area contributed by atoms with Crippen molar-refractivity contribution in [3.05, 3.63) is 70.9 Å². The Bertz CT molecular complexity index is 1260. The van der Waals surface area contributed by atoms with E-state index in [1.165, 1.54) is 0 Å². The molecule has 0 unspecified atom stereocenters. The standard InChI is InChI=1S/C25H25N3O4/c1-15-5-8-18(9-6-15)20-14-19(23-16(2)28-32-25(23)27-20)24(29)26-12-11-17-7-10-21(30-3)22(13-17)31-4/h5-10,13-14H,11-12H2,1-4H3,(H,26,29). The lowest BCUT2D eigenvalue weighted by atomic mass is 10.0. The summed E-state index contributed by atoms with van der Waals surface area (Å²) in [4.78, 5) is 17.7. The van der Waals surface area contributed by atoms with Crippen LogP contribution < -0.4 is 14.8 Å². The second-order valence-corrected chi connectivity index (χ2v) is 7.56. The molecule has 1 amide bonds. The first kappa shape index (κ1) is 21.4. The molecule has 0 spiro atoms. The van der Waals surface area contributed by atoms with Crippen molar-refractivity contribution in [3.8, 4) is 22.8 Å². The van der Waals surface area contributed by atoms with Crippen LogP contribution in [0.5, 0.6) is 11.5 Å². The Hall–Kier alpha value is -3.87. The average molecular weight is 431 g/mol. The van der Waals surface area contributed by atoms with Crippen molar-refractivity contribution in [2.75, 3.05) is 20.8 Å². The van der Waals surface area contributed by atoms with Crippen molar-refractivity contribution in [2.45, 2.75) is 20.3 Å². The highest BCUT2D eigenvalue weighted by Gasteiger charge is 2.19. The van der Waals surface area contributed by atoms with E-state index in [9.17, 15) is 4.79 Å². The van der Waals surface area contributed by atoms with Crippen LogP contribution >= 0.6 is 0 Å². The number of aromatic nitrogens is 2. The molecule has 0 fully saturated rings. The van der Waals surface area contributed by atoms with Gasteiger partial charge in [-0.2, -0.15) is 0 Å². The van der Waals surface area contributed by atoms with Crippen molar-refractivity contribution in [3.63, 3.8) is 0 Å². The fraction of sp³-hybridized carbons (Fsp3) is 0.240. The molecule has 2 aromatic heterocycles. The lowest BCUT2D eigenvalue weighted by Gasteiger charge is -2.11. The molecule has 0 bridgehead atoms. The van der Waals surface area contributed by atoms with Crippen LogP contribution in [0.2, 0.25) is 0 Å². The molecule has 0 aliphatic carbocycles. The highest BCUT2D eigenvalue weighted by molar-refractivity contribution is 6.07. The van der Waals surface area contributed by atoms with E-state index in [1.807, 2.05) is 49.4 Å². The molecule has 0 saturated carbocycles. The van der Waals surface area contributed by atoms with E-state index in [0.29, 0.717) is 52.5 Å². The number of pyridine rings is 1. The van der Waals surface area contributed by atoms with E-state index in [2.05, 4.69) is 15.5 Å². The molecule has 4 rings (SSSR count). The number of hydrogen-bond donors (Lipinski definition) is 1. The van der Waals surface area contributed by atoms with Crippen molar-refractivity contribution in [1.82, 2.24) is 15.5 Å². The van der Waals surface area contributed by atoms with Crippen LogP contribution in [0.15, 0.2) is 53.1 Å². The Kier molecular flexibility index (Phi) is 6.07. The van der Waals surface area contributed by atoms with Crippen LogP contribution in [0, 0.1) is 13.8 Å². The summed E-state index contributed by atoms with van der Waals surface area (Å²) >= 11 is 0. The molecule has 0 aliphatic rings. The monoisotopic (exact) mass is 431 g/mol. The summed E-state index contributed by atoms with van der Waals surface area (Å²) in [5.74, 6) is 1.14. The number of fused-ring (bicyclic) bond motifs is 1. The molecule has 7 heteroatoms. The van der Waals surface area contributed by atoms with E-state index < -0.39 is 0 Å². The SMILES string of the molecule is COc1ccc(CCNC(=O)c2cc(-c3ccc(C)cc3)nc3onc(C)c23)cc1OC. The van der Waals surface area contributed by atoms with E-state index in [4.69, 9.17) is 14.0 Å². The summed E-state index contributed by atoms with van der Waals surface area (Å²) in [5.41, 5.74) is 5.24. The number of amides is 1. The third-order valence-corrected chi connectivity index (χ3v) is 5.36. The van der Waals surface area contributed by atoms with Crippen molar-refractivity contribution in [1.29, 1.82) is 0 Å². The number of aryl methyl sites for hydroxylation is 2. The first-order chi connectivity index (χ1) is 15.5. The van der Waals surface area contributed by atoms with Gasteiger partial charge in [-0.15, -0.1) is 0 Å². The maximum atomic E-state index is 13.1. The number of carbonyl (C=O) groups excluding carboxylic acids is 1. The van der Waals surface area contributed by atoms with Crippen LogP contribution in [0.25, 0.3) is 22.4 Å². The molecule has 2 aromatic carbocycles. The third-order valence-electron chi connectivity index (χ3n) is 5.36. The maximum absolute atomic E-state index is 13.1. The van der Waals surface area contributed by atoms with Gasteiger partial charge in [0.1, 0.15) is 0 Å².